The van der Waals surface area contributed by atoms with Crippen LogP contribution in [0.3, 0.4) is 0 Å². The molecule has 4 heterocycles. The van der Waals surface area contributed by atoms with E-state index in [2.05, 4.69) is 45.4 Å². The summed E-state index contributed by atoms with van der Waals surface area (Å²) in [6.07, 6.45) is 4.06. The van der Waals surface area contributed by atoms with E-state index in [0.29, 0.717) is 11.5 Å². The van der Waals surface area contributed by atoms with Crippen LogP contribution in [0.25, 0.3) is 23.1 Å². The highest BCUT2D eigenvalue weighted by Crippen LogP contribution is 2.28. The highest BCUT2D eigenvalue weighted by atomic mass is 16.2. The Kier molecular flexibility index (Phi) is 5.44. The Hall–Kier alpha value is -4.28. The number of benzene rings is 1. The first kappa shape index (κ1) is 21.6. The van der Waals surface area contributed by atoms with Crippen LogP contribution < -0.4 is 25.8 Å². The number of imidazole rings is 1. The molecule has 34 heavy (non-hydrogen) atoms. The number of carbonyl (C=O) groups excluding carboxylic acids is 1. The van der Waals surface area contributed by atoms with Gasteiger partial charge in [-0.2, -0.15) is 4.58 Å². The number of aromatic nitrogens is 3. The summed E-state index contributed by atoms with van der Waals surface area (Å²) in [6.45, 7) is 3.78. The first-order valence-corrected chi connectivity index (χ1v) is 11.1. The molecule has 7 heteroatoms. The molecule has 0 fully saturated rings. The maximum Gasteiger partial charge on any atom is 0.242 e. The fourth-order valence-corrected chi connectivity index (χ4v) is 4.02. The molecule has 1 aliphatic heterocycles. The summed E-state index contributed by atoms with van der Waals surface area (Å²) in [5.41, 5.74) is 5.02. The number of nitrogens with zero attached hydrogens (tertiary/aromatic N) is 4. The lowest BCUT2D eigenvalue weighted by Crippen LogP contribution is -2.44. The Morgan fingerprint density at radius 3 is 2.74 bits per heavy atom. The van der Waals surface area contributed by atoms with Crippen molar-refractivity contribution < 1.29 is 4.79 Å². The number of fused-ring (bicyclic) bond motifs is 2. The highest BCUT2D eigenvalue weighted by Gasteiger charge is 2.17. The van der Waals surface area contributed by atoms with E-state index >= 15 is 0 Å². The quantitative estimate of drug-likeness (QED) is 0.366. The molecule has 0 bridgehead atoms. The lowest BCUT2D eigenvalue weighted by molar-refractivity contribution is -0.117. The van der Waals surface area contributed by atoms with Crippen molar-refractivity contribution in [2.24, 2.45) is 0 Å². The Balaban J connectivity index is 1.62. The van der Waals surface area contributed by atoms with Crippen LogP contribution in [0, 0.1) is 18.8 Å². The Labute approximate surface area is 197 Å². The summed E-state index contributed by atoms with van der Waals surface area (Å²) in [5.74, 6) is 6.81. The lowest BCUT2D eigenvalue weighted by Gasteiger charge is -2.12. The zero-order valence-corrected chi connectivity index (χ0v) is 19.5. The van der Waals surface area contributed by atoms with Gasteiger partial charge in [0.05, 0.1) is 17.4 Å². The van der Waals surface area contributed by atoms with Gasteiger partial charge in [0.1, 0.15) is 29.4 Å². The van der Waals surface area contributed by atoms with Crippen LogP contribution in [0.4, 0.5) is 5.82 Å². The molecule has 2 N–H and O–H groups in total. The molecule has 0 spiro atoms. The second-order valence-electron chi connectivity index (χ2n) is 8.33. The number of nitrogens with one attached hydrogen (secondary N) is 2. The van der Waals surface area contributed by atoms with Crippen molar-refractivity contribution in [1.29, 1.82) is 0 Å². The van der Waals surface area contributed by atoms with E-state index < -0.39 is 0 Å². The number of rotatable bonds is 4. The van der Waals surface area contributed by atoms with Gasteiger partial charge in [0.2, 0.25) is 11.3 Å². The normalized spacial score (nSPS) is 12.8. The molecule has 168 valence electrons. The minimum absolute atomic E-state index is 0.158. The Morgan fingerprint density at radius 1 is 1.12 bits per heavy atom. The highest BCUT2D eigenvalue weighted by molar-refractivity contribution is 5.94. The molecule has 5 rings (SSSR count). The van der Waals surface area contributed by atoms with Gasteiger partial charge in [-0.25, -0.2) is 9.97 Å². The van der Waals surface area contributed by atoms with Crippen LogP contribution in [0.2, 0.25) is 0 Å². The molecule has 1 aromatic carbocycles. The first-order chi connectivity index (χ1) is 16.4. The first-order valence-electron chi connectivity index (χ1n) is 11.1. The van der Waals surface area contributed by atoms with Crippen molar-refractivity contribution in [3.05, 3.63) is 82.3 Å². The standard InChI is InChI=1S/C27H24N6O/c1-17-26(33-14-6-5-7-25(33)29-17)21-10-13-24(31-27(34)18(2)28-3)30-22(21)11-8-19-9-12-23-20(15-19)16-32(23)4/h5-7,9-10,12-16,18,28H,1-4H3/p+1. The monoisotopic (exact) mass is 449 g/mol. The molecule has 1 amide bonds. The maximum atomic E-state index is 12.4. The van der Waals surface area contributed by atoms with Crippen molar-refractivity contribution in [1.82, 2.24) is 24.3 Å². The number of likely N-dealkylation sites (N-methyl/N-ethyl adjacent to an activating group) is 1. The number of carbonyl (C=O) groups is 1. The van der Waals surface area contributed by atoms with Gasteiger partial charge in [-0.1, -0.05) is 12.0 Å². The van der Waals surface area contributed by atoms with Crippen LogP contribution in [-0.2, 0) is 4.79 Å². The van der Waals surface area contributed by atoms with Crippen LogP contribution in [-0.4, -0.2) is 40.4 Å². The van der Waals surface area contributed by atoms with Crippen LogP contribution in [0.5, 0.6) is 0 Å². The van der Waals surface area contributed by atoms with Gasteiger partial charge in [0, 0.05) is 23.4 Å². The summed E-state index contributed by atoms with van der Waals surface area (Å²) in [5, 5.41) is 8.17. The van der Waals surface area contributed by atoms with Gasteiger partial charge in [-0.3, -0.25) is 9.20 Å². The predicted octanol–water partition coefficient (Wildman–Crippen LogP) is 1.52. The smallest absolute Gasteiger partial charge is 0.242 e. The third kappa shape index (κ3) is 3.85. The largest absolute Gasteiger partial charge is 0.309 e. The van der Waals surface area contributed by atoms with Gasteiger partial charge in [0.15, 0.2) is 6.20 Å². The topological polar surface area (TPSA) is 74.3 Å². The molecule has 1 aliphatic rings. The number of hydrogen-bond acceptors (Lipinski definition) is 4. The fraction of sp³-hybridized carbons (Fsp3) is 0.185. The Morgan fingerprint density at radius 2 is 1.97 bits per heavy atom. The van der Waals surface area contributed by atoms with Crippen molar-refractivity contribution in [2.45, 2.75) is 19.9 Å². The molecule has 0 saturated carbocycles. The molecule has 7 nitrogen and oxygen atoms in total. The second-order valence-corrected chi connectivity index (χ2v) is 8.33. The van der Waals surface area contributed by atoms with Gasteiger partial charge in [-0.05, 0) is 63.2 Å². The lowest BCUT2D eigenvalue weighted by atomic mass is 10.1. The molecule has 0 aliphatic carbocycles. The molecule has 0 saturated heterocycles. The minimum atomic E-state index is -0.339. The van der Waals surface area contributed by atoms with Gasteiger partial charge < -0.3 is 10.6 Å². The molecule has 1 unspecified atom stereocenters. The minimum Gasteiger partial charge on any atom is -0.309 e. The summed E-state index contributed by atoms with van der Waals surface area (Å²) in [4.78, 5) is 21.8. The van der Waals surface area contributed by atoms with Crippen LogP contribution in [0.15, 0.2) is 54.7 Å². The van der Waals surface area contributed by atoms with Crippen molar-refractivity contribution >= 4 is 23.6 Å². The number of pyridine rings is 2. The number of hydrogen-bond donors (Lipinski definition) is 2. The van der Waals surface area contributed by atoms with E-state index in [4.69, 9.17) is 9.97 Å². The van der Waals surface area contributed by atoms with E-state index in [1.165, 1.54) is 10.6 Å². The summed E-state index contributed by atoms with van der Waals surface area (Å²) in [6, 6.07) is 15.5. The van der Waals surface area contributed by atoms with Crippen LogP contribution in [0.1, 0.15) is 23.9 Å². The van der Waals surface area contributed by atoms with Crippen molar-refractivity contribution in [2.75, 3.05) is 19.4 Å². The predicted molar refractivity (Wildman–Crippen MR) is 134 cm³/mol. The van der Waals surface area contributed by atoms with E-state index in [1.807, 2.05) is 54.9 Å². The SMILES string of the molecule is CNC(C)C(=O)Nc1ccc(-c2c(C)nc3ccccn23)c(C#Cc2ccc3c(c2)=C[N+]=3C)n1. The van der Waals surface area contributed by atoms with E-state index in [9.17, 15) is 4.79 Å². The zero-order chi connectivity index (χ0) is 23.8. The molecule has 3 aromatic heterocycles. The van der Waals surface area contributed by atoms with E-state index in [1.54, 1.807) is 20.0 Å². The van der Waals surface area contributed by atoms with Crippen LogP contribution >= 0.6 is 0 Å². The van der Waals surface area contributed by atoms with E-state index in [0.717, 1.165) is 28.2 Å². The molecule has 1 atom stereocenters. The van der Waals surface area contributed by atoms with Gasteiger partial charge in [0.25, 0.3) is 0 Å². The fourth-order valence-electron chi connectivity index (χ4n) is 4.02. The molecule has 0 radical (unpaired) electrons. The van der Waals surface area contributed by atoms with Crippen molar-refractivity contribution in [3.63, 3.8) is 0 Å². The van der Waals surface area contributed by atoms with Gasteiger partial charge >= 0.3 is 0 Å². The maximum absolute atomic E-state index is 12.4. The third-order valence-electron chi connectivity index (χ3n) is 6.00. The second kappa shape index (κ2) is 8.58. The number of amides is 1. The summed E-state index contributed by atoms with van der Waals surface area (Å²) in [7, 11) is 3.77. The average molecular weight is 450 g/mol. The molecule has 4 aromatic rings. The van der Waals surface area contributed by atoms with E-state index in [-0.39, 0.29) is 11.9 Å². The van der Waals surface area contributed by atoms with Gasteiger partial charge in [-0.15, -0.1) is 0 Å². The average Bonchev–Trinajstić information content (AvgIpc) is 3.17. The number of anilines is 1. The zero-order valence-electron chi connectivity index (χ0n) is 19.5. The number of aryl methyl sites for hydroxylation is 1. The summed E-state index contributed by atoms with van der Waals surface area (Å²) < 4.78 is 4.12. The third-order valence-corrected chi connectivity index (χ3v) is 6.00. The van der Waals surface area contributed by atoms with Crippen molar-refractivity contribution in [3.8, 4) is 23.1 Å². The summed E-state index contributed by atoms with van der Waals surface area (Å²) >= 11 is 0. The Bertz CT molecular complexity index is 1640. The molecular formula is C27H25N6O+. The molecular weight excluding hydrogens is 424 g/mol.